The van der Waals surface area contributed by atoms with Crippen LogP contribution < -0.4 is 10.2 Å². The maximum atomic E-state index is 5.79. The third-order valence-electron chi connectivity index (χ3n) is 3.28. The fourth-order valence-corrected chi connectivity index (χ4v) is 3.55. The van der Waals surface area contributed by atoms with Crippen molar-refractivity contribution in [2.75, 3.05) is 23.9 Å². The lowest BCUT2D eigenvalue weighted by Gasteiger charge is -2.30. The number of thiazole rings is 2. The molecule has 0 aliphatic carbocycles. The summed E-state index contributed by atoms with van der Waals surface area (Å²) < 4.78 is 5.79. The third-order valence-corrected chi connectivity index (χ3v) is 5.10. The summed E-state index contributed by atoms with van der Waals surface area (Å²) in [6, 6.07) is 0. The number of hydrogen-bond donors (Lipinski definition) is 1. The third kappa shape index (κ3) is 3.28. The van der Waals surface area contributed by atoms with Crippen molar-refractivity contribution in [1.82, 2.24) is 9.97 Å². The molecule has 1 aliphatic rings. The number of rotatable bonds is 5. The zero-order chi connectivity index (χ0) is 13.8. The number of hydrogen-bond acceptors (Lipinski definition) is 7. The molecule has 3 heterocycles. The van der Waals surface area contributed by atoms with Crippen molar-refractivity contribution >= 4 is 32.9 Å². The van der Waals surface area contributed by atoms with E-state index in [0.29, 0.717) is 0 Å². The van der Waals surface area contributed by atoms with E-state index in [1.807, 2.05) is 11.6 Å². The lowest BCUT2D eigenvalue weighted by Crippen LogP contribution is -2.36. The molecule has 2 aromatic rings. The SMILES string of the molecule is CN(c1ncc(CNc2nccs2)s1)C1CCCCO1. The van der Waals surface area contributed by atoms with Gasteiger partial charge in [-0.3, -0.25) is 0 Å². The highest BCUT2D eigenvalue weighted by Gasteiger charge is 2.21. The van der Waals surface area contributed by atoms with Crippen LogP contribution in [0, 0.1) is 0 Å². The summed E-state index contributed by atoms with van der Waals surface area (Å²) >= 11 is 3.32. The molecule has 1 N–H and O–H groups in total. The van der Waals surface area contributed by atoms with E-state index in [1.54, 1.807) is 28.9 Å². The predicted octanol–water partition coefficient (Wildman–Crippen LogP) is 3.17. The van der Waals surface area contributed by atoms with Crippen LogP contribution in [0.1, 0.15) is 24.1 Å². The Hall–Kier alpha value is -1.18. The van der Waals surface area contributed by atoms with E-state index in [1.165, 1.54) is 17.7 Å². The van der Waals surface area contributed by atoms with E-state index >= 15 is 0 Å². The minimum Gasteiger partial charge on any atom is -0.358 e. The topological polar surface area (TPSA) is 50.3 Å². The molecule has 0 bridgehead atoms. The molecule has 1 unspecified atom stereocenters. The molecular weight excluding hydrogens is 292 g/mol. The number of anilines is 2. The average molecular weight is 310 g/mol. The molecule has 0 aromatic carbocycles. The first-order chi connectivity index (χ1) is 9.83. The summed E-state index contributed by atoms with van der Waals surface area (Å²) in [5.74, 6) is 0. The van der Waals surface area contributed by atoms with Crippen LogP contribution in [0.2, 0.25) is 0 Å². The average Bonchev–Trinajstić information content (AvgIpc) is 3.17. The lowest BCUT2D eigenvalue weighted by molar-refractivity contribution is 0.0174. The molecule has 3 rings (SSSR count). The predicted molar refractivity (Wildman–Crippen MR) is 83.5 cm³/mol. The summed E-state index contributed by atoms with van der Waals surface area (Å²) in [7, 11) is 2.06. The van der Waals surface area contributed by atoms with Gasteiger partial charge in [0, 0.05) is 36.3 Å². The second-order valence-electron chi connectivity index (χ2n) is 4.73. The first-order valence-electron chi connectivity index (χ1n) is 6.75. The summed E-state index contributed by atoms with van der Waals surface area (Å²) in [6.45, 7) is 1.63. The fraction of sp³-hybridized carbons (Fsp3) is 0.538. The smallest absolute Gasteiger partial charge is 0.187 e. The van der Waals surface area contributed by atoms with Crippen molar-refractivity contribution < 1.29 is 4.74 Å². The molecule has 0 radical (unpaired) electrons. The maximum absolute atomic E-state index is 5.79. The van der Waals surface area contributed by atoms with Gasteiger partial charge < -0.3 is 15.0 Å². The minimum atomic E-state index is 0.176. The van der Waals surface area contributed by atoms with Gasteiger partial charge >= 0.3 is 0 Å². The molecule has 1 atom stereocenters. The van der Waals surface area contributed by atoms with Crippen LogP contribution in [0.15, 0.2) is 17.8 Å². The minimum absolute atomic E-state index is 0.176. The van der Waals surface area contributed by atoms with Crippen molar-refractivity contribution in [2.45, 2.75) is 32.0 Å². The van der Waals surface area contributed by atoms with E-state index in [9.17, 15) is 0 Å². The van der Waals surface area contributed by atoms with Crippen LogP contribution in [-0.2, 0) is 11.3 Å². The highest BCUT2D eigenvalue weighted by atomic mass is 32.1. The molecule has 1 fully saturated rings. The van der Waals surface area contributed by atoms with Crippen LogP contribution in [0.3, 0.4) is 0 Å². The summed E-state index contributed by atoms with van der Waals surface area (Å²) in [5, 5.41) is 7.24. The van der Waals surface area contributed by atoms with E-state index < -0.39 is 0 Å². The molecule has 5 nitrogen and oxygen atoms in total. The van der Waals surface area contributed by atoms with Gasteiger partial charge in [0.1, 0.15) is 6.23 Å². The Morgan fingerprint density at radius 3 is 3.15 bits per heavy atom. The normalized spacial score (nSPS) is 18.9. The number of nitrogens with one attached hydrogen (secondary N) is 1. The first kappa shape index (κ1) is 13.8. The first-order valence-corrected chi connectivity index (χ1v) is 8.45. The molecule has 7 heteroatoms. The van der Waals surface area contributed by atoms with Gasteiger partial charge in [-0.25, -0.2) is 9.97 Å². The van der Waals surface area contributed by atoms with Gasteiger partial charge in [-0.05, 0) is 19.3 Å². The second-order valence-corrected chi connectivity index (χ2v) is 6.72. The summed E-state index contributed by atoms with van der Waals surface area (Å²) in [5.41, 5.74) is 0. The van der Waals surface area contributed by atoms with Crippen molar-refractivity contribution in [3.05, 3.63) is 22.7 Å². The van der Waals surface area contributed by atoms with Crippen LogP contribution >= 0.6 is 22.7 Å². The Morgan fingerprint density at radius 1 is 1.45 bits per heavy atom. The van der Waals surface area contributed by atoms with E-state index in [0.717, 1.165) is 29.8 Å². The van der Waals surface area contributed by atoms with Crippen molar-refractivity contribution in [3.8, 4) is 0 Å². The van der Waals surface area contributed by atoms with Crippen LogP contribution in [0.25, 0.3) is 0 Å². The molecule has 20 heavy (non-hydrogen) atoms. The lowest BCUT2D eigenvalue weighted by atomic mass is 10.2. The molecule has 108 valence electrons. The zero-order valence-corrected chi connectivity index (χ0v) is 13.0. The van der Waals surface area contributed by atoms with Crippen molar-refractivity contribution in [1.29, 1.82) is 0 Å². The van der Waals surface area contributed by atoms with Gasteiger partial charge in [-0.1, -0.05) is 0 Å². The van der Waals surface area contributed by atoms with Crippen LogP contribution in [0.5, 0.6) is 0 Å². The summed E-state index contributed by atoms with van der Waals surface area (Å²) in [4.78, 5) is 12.1. The molecule has 2 aromatic heterocycles. The quantitative estimate of drug-likeness (QED) is 0.919. The van der Waals surface area contributed by atoms with Gasteiger partial charge in [-0.2, -0.15) is 0 Å². The molecule has 1 aliphatic heterocycles. The standard InChI is InChI=1S/C13H18N4OS2/c1-17(11-4-2-3-6-18-11)13-16-9-10(20-13)8-15-12-14-5-7-19-12/h5,7,9,11H,2-4,6,8H2,1H3,(H,14,15). The van der Waals surface area contributed by atoms with Gasteiger partial charge in [0.2, 0.25) is 0 Å². The van der Waals surface area contributed by atoms with E-state index in [2.05, 4.69) is 27.2 Å². The highest BCUT2D eigenvalue weighted by molar-refractivity contribution is 7.15. The van der Waals surface area contributed by atoms with Crippen molar-refractivity contribution in [3.63, 3.8) is 0 Å². The van der Waals surface area contributed by atoms with E-state index in [-0.39, 0.29) is 6.23 Å². The monoisotopic (exact) mass is 310 g/mol. The maximum Gasteiger partial charge on any atom is 0.187 e. The number of nitrogens with zero attached hydrogens (tertiary/aromatic N) is 3. The van der Waals surface area contributed by atoms with E-state index in [4.69, 9.17) is 4.74 Å². The van der Waals surface area contributed by atoms with Gasteiger partial charge in [0.15, 0.2) is 10.3 Å². The Kier molecular flexibility index (Phi) is 4.49. The van der Waals surface area contributed by atoms with Crippen molar-refractivity contribution in [2.24, 2.45) is 0 Å². The van der Waals surface area contributed by atoms with Crippen LogP contribution in [0.4, 0.5) is 10.3 Å². The molecule has 0 amide bonds. The Balaban J connectivity index is 1.58. The fourth-order valence-electron chi connectivity index (χ4n) is 2.17. The molecule has 1 saturated heterocycles. The highest BCUT2D eigenvalue weighted by Crippen LogP contribution is 2.27. The Bertz CT molecular complexity index is 522. The van der Waals surface area contributed by atoms with Gasteiger partial charge in [-0.15, -0.1) is 22.7 Å². The largest absolute Gasteiger partial charge is 0.358 e. The number of aromatic nitrogens is 2. The van der Waals surface area contributed by atoms with Gasteiger partial charge in [0.05, 0.1) is 6.54 Å². The van der Waals surface area contributed by atoms with Crippen LogP contribution in [-0.4, -0.2) is 29.9 Å². The second kappa shape index (κ2) is 6.51. The number of ether oxygens (including phenoxy) is 1. The van der Waals surface area contributed by atoms with Gasteiger partial charge in [0.25, 0.3) is 0 Å². The zero-order valence-electron chi connectivity index (χ0n) is 11.4. The molecule has 0 spiro atoms. The molecule has 0 saturated carbocycles. The summed E-state index contributed by atoms with van der Waals surface area (Å²) in [6.07, 6.45) is 7.40. The Morgan fingerprint density at radius 2 is 2.40 bits per heavy atom. The molecular formula is C13H18N4OS2. The Labute approximate surface area is 126 Å².